The number of amides is 2. The molecule has 8 heteroatoms. The van der Waals surface area contributed by atoms with Crippen LogP contribution in [-0.4, -0.2) is 75.8 Å². The Bertz CT molecular complexity index is 1060. The Morgan fingerprint density at radius 1 is 1.05 bits per heavy atom. The summed E-state index contributed by atoms with van der Waals surface area (Å²) in [7, 11) is 1.13. The minimum absolute atomic E-state index is 0.0316. The van der Waals surface area contributed by atoms with Crippen molar-refractivity contribution >= 4 is 21.7 Å². The number of rotatable bonds is 13. The van der Waals surface area contributed by atoms with Gasteiger partial charge in [0.25, 0.3) is 0 Å². The summed E-state index contributed by atoms with van der Waals surface area (Å²) >= 11 is 0. The highest BCUT2D eigenvalue weighted by Crippen LogP contribution is 2.48. The third-order valence-electron chi connectivity index (χ3n) is 9.64. The zero-order valence-electron chi connectivity index (χ0n) is 25.0. The minimum Gasteiger partial charge on any atom is -0.354 e. The van der Waals surface area contributed by atoms with Crippen LogP contribution in [0.5, 0.6) is 0 Å². The van der Waals surface area contributed by atoms with Crippen molar-refractivity contribution in [2.45, 2.75) is 77.7 Å². The molecule has 0 spiro atoms. The van der Waals surface area contributed by atoms with Gasteiger partial charge in [-0.25, -0.2) is 8.42 Å². The molecule has 2 aliphatic carbocycles. The Kier molecular flexibility index (Phi) is 10.7. The fourth-order valence-electron chi connectivity index (χ4n) is 6.44. The van der Waals surface area contributed by atoms with E-state index in [0.29, 0.717) is 6.54 Å². The number of sulfone groups is 1. The van der Waals surface area contributed by atoms with E-state index < -0.39 is 9.84 Å². The van der Waals surface area contributed by atoms with E-state index in [0.717, 1.165) is 44.3 Å². The number of hydrogen-bond donors (Lipinski definition) is 1. The standard InChI is InChI=1S/C31H51N3O4S/c1-24(21-26-11-10-12-26)25(2)29(36)34(22-28(35)32-19-20-39(6,37)38)23-30(3)15-17-31(18-16-30,33(4)5)27-13-8-7-9-14-27/h7-9,13-14,24-26H,10-12,15-23H2,1-6H3,(H,32,35). The Morgan fingerprint density at radius 3 is 2.18 bits per heavy atom. The highest BCUT2D eigenvalue weighted by atomic mass is 32.2. The molecule has 39 heavy (non-hydrogen) atoms. The van der Waals surface area contributed by atoms with Crippen LogP contribution in [-0.2, 0) is 25.0 Å². The predicted octanol–water partition coefficient (Wildman–Crippen LogP) is 4.48. The number of carbonyl (C=O) groups is 2. The molecule has 220 valence electrons. The molecule has 1 N–H and O–H groups in total. The van der Waals surface area contributed by atoms with Gasteiger partial charge in [-0.05, 0) is 69.0 Å². The molecule has 0 heterocycles. The second-order valence-corrected chi connectivity index (χ2v) is 15.3. The largest absolute Gasteiger partial charge is 0.354 e. The molecule has 2 unspecified atom stereocenters. The van der Waals surface area contributed by atoms with Gasteiger partial charge in [0.1, 0.15) is 9.84 Å². The maximum Gasteiger partial charge on any atom is 0.239 e. The van der Waals surface area contributed by atoms with E-state index in [2.05, 4.69) is 68.5 Å². The molecule has 2 atom stereocenters. The lowest BCUT2D eigenvalue weighted by molar-refractivity contribution is -0.142. The molecule has 0 bridgehead atoms. The molecule has 2 aliphatic rings. The monoisotopic (exact) mass is 561 g/mol. The first-order chi connectivity index (χ1) is 18.2. The molecule has 0 aromatic heterocycles. The first-order valence-corrected chi connectivity index (χ1v) is 16.8. The second-order valence-electron chi connectivity index (χ2n) is 13.1. The summed E-state index contributed by atoms with van der Waals surface area (Å²) < 4.78 is 23.0. The maximum atomic E-state index is 13.9. The van der Waals surface area contributed by atoms with Gasteiger partial charge in [-0.15, -0.1) is 0 Å². The molecular weight excluding hydrogens is 510 g/mol. The Balaban J connectivity index is 1.73. The second kappa shape index (κ2) is 13.2. The lowest BCUT2D eigenvalue weighted by Crippen LogP contribution is -2.52. The van der Waals surface area contributed by atoms with Crippen LogP contribution in [0.15, 0.2) is 30.3 Å². The molecule has 0 aliphatic heterocycles. The van der Waals surface area contributed by atoms with E-state index in [1.165, 1.54) is 24.8 Å². The first-order valence-electron chi connectivity index (χ1n) is 14.7. The molecule has 1 aromatic rings. The summed E-state index contributed by atoms with van der Waals surface area (Å²) in [6.07, 6.45) is 9.88. The van der Waals surface area contributed by atoms with Gasteiger partial charge in [-0.1, -0.05) is 70.4 Å². The van der Waals surface area contributed by atoms with Gasteiger partial charge in [0.2, 0.25) is 11.8 Å². The van der Waals surface area contributed by atoms with Crippen LogP contribution in [0.3, 0.4) is 0 Å². The van der Waals surface area contributed by atoms with E-state index in [-0.39, 0.29) is 53.4 Å². The SMILES string of the molecule is CC(CC1CCC1)C(C)C(=O)N(CC(=O)NCCS(C)(=O)=O)CC1(C)CCC(c2ccccc2)(N(C)C)CC1. The first kappa shape index (κ1) is 31.6. The number of carbonyl (C=O) groups excluding carboxylic acids is 2. The molecule has 7 nitrogen and oxygen atoms in total. The lowest BCUT2D eigenvalue weighted by atomic mass is 9.65. The quantitative estimate of drug-likeness (QED) is 0.384. The molecular formula is C31H51N3O4S. The van der Waals surface area contributed by atoms with E-state index >= 15 is 0 Å². The van der Waals surface area contributed by atoms with Gasteiger partial charge in [0.15, 0.2) is 0 Å². The Morgan fingerprint density at radius 2 is 1.67 bits per heavy atom. The maximum absolute atomic E-state index is 13.9. The Labute approximate surface area is 237 Å². The molecule has 0 saturated heterocycles. The van der Waals surface area contributed by atoms with Crippen LogP contribution < -0.4 is 5.32 Å². The smallest absolute Gasteiger partial charge is 0.239 e. The normalized spacial score (nSPS) is 25.5. The van der Waals surface area contributed by atoms with E-state index in [1.54, 1.807) is 4.90 Å². The van der Waals surface area contributed by atoms with Crippen LogP contribution in [0, 0.1) is 23.2 Å². The fraction of sp³-hybridized carbons (Fsp3) is 0.742. The minimum atomic E-state index is -3.17. The molecule has 2 fully saturated rings. The van der Waals surface area contributed by atoms with Crippen molar-refractivity contribution in [3.05, 3.63) is 35.9 Å². The van der Waals surface area contributed by atoms with Crippen LogP contribution in [0.25, 0.3) is 0 Å². The van der Waals surface area contributed by atoms with Crippen LogP contribution in [0.1, 0.15) is 77.7 Å². The molecule has 3 rings (SSSR count). The van der Waals surface area contributed by atoms with Crippen molar-refractivity contribution in [3.8, 4) is 0 Å². The Hall–Kier alpha value is -1.93. The van der Waals surface area contributed by atoms with Gasteiger partial charge in [-0.3, -0.25) is 14.5 Å². The van der Waals surface area contributed by atoms with Crippen LogP contribution >= 0.6 is 0 Å². The highest BCUT2D eigenvalue weighted by Gasteiger charge is 2.44. The summed E-state index contributed by atoms with van der Waals surface area (Å²) in [5, 5.41) is 2.72. The van der Waals surface area contributed by atoms with Crippen LogP contribution in [0.4, 0.5) is 0 Å². The summed E-state index contributed by atoms with van der Waals surface area (Å²) in [6, 6.07) is 10.7. The van der Waals surface area contributed by atoms with E-state index in [9.17, 15) is 18.0 Å². The number of nitrogens with one attached hydrogen (secondary N) is 1. The van der Waals surface area contributed by atoms with E-state index in [4.69, 9.17) is 0 Å². The van der Waals surface area contributed by atoms with Crippen molar-refractivity contribution in [1.82, 2.24) is 15.1 Å². The third-order valence-corrected chi connectivity index (χ3v) is 10.6. The zero-order chi connectivity index (χ0) is 28.8. The van der Waals surface area contributed by atoms with Gasteiger partial charge in [0, 0.05) is 30.8 Å². The molecule has 0 radical (unpaired) electrons. The van der Waals surface area contributed by atoms with Crippen molar-refractivity contribution in [1.29, 1.82) is 0 Å². The van der Waals surface area contributed by atoms with Crippen molar-refractivity contribution < 1.29 is 18.0 Å². The van der Waals surface area contributed by atoms with Gasteiger partial charge in [0.05, 0.1) is 12.3 Å². The average Bonchev–Trinajstić information content (AvgIpc) is 2.85. The topological polar surface area (TPSA) is 86.8 Å². The van der Waals surface area contributed by atoms with Crippen molar-refractivity contribution in [3.63, 3.8) is 0 Å². The number of nitrogens with zero attached hydrogens (tertiary/aromatic N) is 2. The zero-order valence-corrected chi connectivity index (χ0v) is 25.9. The molecule has 2 amide bonds. The summed E-state index contributed by atoms with van der Waals surface area (Å²) in [5.41, 5.74) is 1.19. The summed E-state index contributed by atoms with van der Waals surface area (Å²) in [4.78, 5) is 30.8. The van der Waals surface area contributed by atoms with Crippen molar-refractivity contribution in [2.24, 2.45) is 23.2 Å². The number of benzene rings is 1. The average molecular weight is 562 g/mol. The summed E-state index contributed by atoms with van der Waals surface area (Å²) in [5.74, 6) is 0.455. The van der Waals surface area contributed by atoms with Gasteiger partial charge < -0.3 is 10.2 Å². The van der Waals surface area contributed by atoms with Crippen molar-refractivity contribution in [2.75, 3.05) is 45.7 Å². The fourth-order valence-corrected chi connectivity index (χ4v) is 6.91. The van der Waals surface area contributed by atoms with E-state index in [1.807, 2.05) is 6.92 Å². The van der Waals surface area contributed by atoms with Crippen LogP contribution in [0.2, 0.25) is 0 Å². The lowest BCUT2D eigenvalue weighted by Gasteiger charge is -2.50. The molecule has 2 saturated carbocycles. The van der Waals surface area contributed by atoms with Gasteiger partial charge >= 0.3 is 0 Å². The highest BCUT2D eigenvalue weighted by molar-refractivity contribution is 7.90. The predicted molar refractivity (Wildman–Crippen MR) is 158 cm³/mol. The summed E-state index contributed by atoms with van der Waals surface area (Å²) in [6.45, 7) is 6.99. The van der Waals surface area contributed by atoms with Gasteiger partial charge in [-0.2, -0.15) is 0 Å². The third kappa shape index (κ3) is 8.53. The molecule has 1 aromatic carbocycles. The number of hydrogen-bond acceptors (Lipinski definition) is 5.